The fourth-order valence-corrected chi connectivity index (χ4v) is 2.33. The van der Waals surface area contributed by atoms with Crippen molar-refractivity contribution in [2.75, 3.05) is 46.8 Å². The van der Waals surface area contributed by atoms with Crippen molar-refractivity contribution in [2.24, 2.45) is 5.92 Å². The van der Waals surface area contributed by atoms with Crippen molar-refractivity contribution in [3.05, 3.63) is 0 Å². The van der Waals surface area contributed by atoms with Gasteiger partial charge in [-0.3, -0.25) is 9.69 Å². The number of hydrogen-bond acceptors (Lipinski definition) is 3. The maximum absolute atomic E-state index is 11.4. The zero-order valence-corrected chi connectivity index (χ0v) is 11.5. The lowest BCUT2D eigenvalue weighted by Crippen LogP contribution is -2.41. The van der Waals surface area contributed by atoms with E-state index in [1.165, 1.54) is 25.8 Å². The lowest BCUT2D eigenvalue weighted by Gasteiger charge is -2.31. The van der Waals surface area contributed by atoms with Crippen LogP contribution in [0.15, 0.2) is 0 Å². The molecule has 1 fully saturated rings. The summed E-state index contributed by atoms with van der Waals surface area (Å²) in [5, 5.41) is 2.86. The van der Waals surface area contributed by atoms with Gasteiger partial charge < -0.3 is 10.2 Å². The molecule has 4 nitrogen and oxygen atoms in total. The summed E-state index contributed by atoms with van der Waals surface area (Å²) in [5.74, 6) is 1.02. The SMILES string of the molecule is CCNC(=O)CN1CCC(CCN(C)C)CC1. The molecule has 1 aliphatic heterocycles. The van der Waals surface area contributed by atoms with Gasteiger partial charge in [-0.15, -0.1) is 0 Å². The molecule has 1 N–H and O–H groups in total. The summed E-state index contributed by atoms with van der Waals surface area (Å²) in [6.45, 7) is 6.61. The molecule has 0 aliphatic carbocycles. The van der Waals surface area contributed by atoms with Crippen LogP contribution in [0, 0.1) is 5.92 Å². The Labute approximate surface area is 105 Å². The van der Waals surface area contributed by atoms with E-state index in [1.54, 1.807) is 0 Å². The Morgan fingerprint density at radius 3 is 2.53 bits per heavy atom. The second-order valence-electron chi connectivity index (χ2n) is 5.26. The van der Waals surface area contributed by atoms with Gasteiger partial charge in [0.2, 0.25) is 5.91 Å². The largest absolute Gasteiger partial charge is 0.355 e. The molecule has 17 heavy (non-hydrogen) atoms. The quantitative estimate of drug-likeness (QED) is 0.747. The van der Waals surface area contributed by atoms with Gasteiger partial charge in [-0.25, -0.2) is 0 Å². The minimum atomic E-state index is 0.166. The summed E-state index contributed by atoms with van der Waals surface area (Å²) in [6, 6.07) is 0. The third-order valence-electron chi connectivity index (χ3n) is 3.43. The van der Waals surface area contributed by atoms with Crippen LogP contribution >= 0.6 is 0 Å². The Bertz CT molecular complexity index is 223. The number of likely N-dealkylation sites (tertiary alicyclic amines) is 1. The molecule has 100 valence electrons. The summed E-state index contributed by atoms with van der Waals surface area (Å²) in [6.07, 6.45) is 3.78. The van der Waals surface area contributed by atoms with Crippen LogP contribution < -0.4 is 5.32 Å². The molecule has 1 amide bonds. The van der Waals surface area contributed by atoms with Crippen molar-refractivity contribution in [3.63, 3.8) is 0 Å². The van der Waals surface area contributed by atoms with Crippen molar-refractivity contribution in [2.45, 2.75) is 26.2 Å². The molecule has 0 radical (unpaired) electrons. The highest BCUT2D eigenvalue weighted by Crippen LogP contribution is 2.20. The number of nitrogens with one attached hydrogen (secondary N) is 1. The lowest BCUT2D eigenvalue weighted by molar-refractivity contribution is -0.122. The molecular weight excluding hydrogens is 214 g/mol. The Morgan fingerprint density at radius 2 is 2.00 bits per heavy atom. The van der Waals surface area contributed by atoms with Gasteiger partial charge in [-0.1, -0.05) is 0 Å². The Morgan fingerprint density at radius 1 is 1.35 bits per heavy atom. The van der Waals surface area contributed by atoms with Crippen LogP contribution in [0.1, 0.15) is 26.2 Å². The number of hydrogen-bond donors (Lipinski definition) is 1. The van der Waals surface area contributed by atoms with Crippen molar-refractivity contribution in [1.29, 1.82) is 0 Å². The number of carbonyl (C=O) groups excluding carboxylic acids is 1. The Balaban J connectivity index is 2.15. The summed E-state index contributed by atoms with van der Waals surface area (Å²) in [7, 11) is 4.26. The number of rotatable bonds is 6. The van der Waals surface area contributed by atoms with E-state index in [4.69, 9.17) is 0 Å². The Kier molecular flexibility index (Phi) is 6.52. The van der Waals surface area contributed by atoms with Crippen LogP contribution in [-0.2, 0) is 4.79 Å². The van der Waals surface area contributed by atoms with E-state index in [0.717, 1.165) is 25.6 Å². The van der Waals surface area contributed by atoms with Crippen LogP contribution in [-0.4, -0.2) is 62.5 Å². The third-order valence-corrected chi connectivity index (χ3v) is 3.43. The molecule has 0 unspecified atom stereocenters. The van der Waals surface area contributed by atoms with Crippen molar-refractivity contribution in [3.8, 4) is 0 Å². The topological polar surface area (TPSA) is 35.6 Å². The van der Waals surface area contributed by atoms with Gasteiger partial charge in [-0.2, -0.15) is 0 Å². The third kappa shape index (κ3) is 6.03. The summed E-state index contributed by atoms with van der Waals surface area (Å²) in [4.78, 5) is 16.0. The second kappa shape index (κ2) is 7.67. The van der Waals surface area contributed by atoms with Crippen LogP contribution in [0.5, 0.6) is 0 Å². The molecule has 0 aromatic rings. The fraction of sp³-hybridized carbons (Fsp3) is 0.923. The fourth-order valence-electron chi connectivity index (χ4n) is 2.33. The normalized spacial score (nSPS) is 18.6. The minimum absolute atomic E-state index is 0.166. The monoisotopic (exact) mass is 241 g/mol. The number of carbonyl (C=O) groups is 1. The van der Waals surface area contributed by atoms with Crippen LogP contribution in [0.2, 0.25) is 0 Å². The van der Waals surface area contributed by atoms with E-state index in [0.29, 0.717) is 6.54 Å². The Hall–Kier alpha value is -0.610. The first-order chi connectivity index (χ1) is 8.11. The van der Waals surface area contributed by atoms with E-state index in [9.17, 15) is 4.79 Å². The summed E-state index contributed by atoms with van der Waals surface area (Å²) >= 11 is 0. The van der Waals surface area contributed by atoms with Crippen LogP contribution in [0.3, 0.4) is 0 Å². The van der Waals surface area contributed by atoms with Crippen LogP contribution in [0.25, 0.3) is 0 Å². The average Bonchev–Trinajstić information content (AvgIpc) is 2.28. The smallest absolute Gasteiger partial charge is 0.234 e. The maximum Gasteiger partial charge on any atom is 0.234 e. The van der Waals surface area contributed by atoms with Gasteiger partial charge in [0.1, 0.15) is 0 Å². The van der Waals surface area contributed by atoms with E-state index < -0.39 is 0 Å². The van der Waals surface area contributed by atoms with Gasteiger partial charge in [-0.05, 0) is 65.8 Å². The standard InChI is InChI=1S/C13H27N3O/c1-4-14-13(17)11-16-9-6-12(7-10-16)5-8-15(2)3/h12H,4-11H2,1-3H3,(H,14,17). The molecule has 0 saturated carbocycles. The first-order valence-corrected chi connectivity index (χ1v) is 6.75. The van der Waals surface area contributed by atoms with Crippen molar-refractivity contribution in [1.82, 2.24) is 15.1 Å². The molecular formula is C13H27N3O. The highest BCUT2D eigenvalue weighted by molar-refractivity contribution is 5.77. The number of nitrogens with zero attached hydrogens (tertiary/aromatic N) is 2. The zero-order valence-electron chi connectivity index (χ0n) is 11.5. The van der Waals surface area contributed by atoms with E-state index >= 15 is 0 Å². The molecule has 0 bridgehead atoms. The molecule has 0 aromatic carbocycles. The van der Waals surface area contributed by atoms with E-state index in [2.05, 4.69) is 29.2 Å². The van der Waals surface area contributed by atoms with E-state index in [1.807, 2.05) is 6.92 Å². The van der Waals surface area contributed by atoms with Gasteiger partial charge in [0.15, 0.2) is 0 Å². The van der Waals surface area contributed by atoms with Crippen LogP contribution in [0.4, 0.5) is 0 Å². The summed E-state index contributed by atoms with van der Waals surface area (Å²) in [5.41, 5.74) is 0. The number of piperidine rings is 1. The molecule has 1 rings (SSSR count). The molecule has 1 heterocycles. The zero-order chi connectivity index (χ0) is 12.7. The predicted octanol–water partition coefficient (Wildman–Crippen LogP) is 0.786. The highest BCUT2D eigenvalue weighted by atomic mass is 16.2. The molecule has 1 aliphatic rings. The van der Waals surface area contributed by atoms with Crippen molar-refractivity contribution < 1.29 is 4.79 Å². The maximum atomic E-state index is 11.4. The number of amides is 1. The summed E-state index contributed by atoms with van der Waals surface area (Å²) < 4.78 is 0. The first kappa shape index (κ1) is 14.5. The van der Waals surface area contributed by atoms with Gasteiger partial charge in [0, 0.05) is 6.54 Å². The first-order valence-electron chi connectivity index (χ1n) is 6.75. The van der Waals surface area contributed by atoms with Gasteiger partial charge >= 0.3 is 0 Å². The molecule has 0 aromatic heterocycles. The predicted molar refractivity (Wildman–Crippen MR) is 71.0 cm³/mol. The van der Waals surface area contributed by atoms with E-state index in [-0.39, 0.29) is 5.91 Å². The van der Waals surface area contributed by atoms with Crippen molar-refractivity contribution >= 4 is 5.91 Å². The van der Waals surface area contributed by atoms with Gasteiger partial charge in [0.25, 0.3) is 0 Å². The number of likely N-dealkylation sites (N-methyl/N-ethyl adjacent to an activating group) is 1. The molecule has 0 spiro atoms. The second-order valence-corrected chi connectivity index (χ2v) is 5.26. The highest BCUT2D eigenvalue weighted by Gasteiger charge is 2.20. The minimum Gasteiger partial charge on any atom is -0.355 e. The molecule has 1 saturated heterocycles. The molecule has 4 heteroatoms. The lowest BCUT2D eigenvalue weighted by atomic mass is 9.93. The average molecular weight is 241 g/mol. The van der Waals surface area contributed by atoms with Gasteiger partial charge in [0.05, 0.1) is 6.54 Å². The molecule has 0 atom stereocenters.